The molecule has 0 spiro atoms. The molecule has 6 rings (SSSR count). The van der Waals surface area contributed by atoms with Crippen LogP contribution in [-0.2, 0) is 28.7 Å². The van der Waals surface area contributed by atoms with Gasteiger partial charge in [-0.3, -0.25) is 13.9 Å². The number of thioether (sulfide) groups is 1. The van der Waals surface area contributed by atoms with Crippen LogP contribution in [0.1, 0.15) is 57.0 Å². The van der Waals surface area contributed by atoms with Gasteiger partial charge in [0.05, 0.1) is 32.8 Å². The number of fused-ring (bicyclic) bond motifs is 1. The van der Waals surface area contributed by atoms with Crippen molar-refractivity contribution in [3.63, 3.8) is 0 Å². The third-order valence-corrected chi connectivity index (χ3v) is 12.5. The van der Waals surface area contributed by atoms with Crippen LogP contribution in [0.15, 0.2) is 91.4 Å². The number of carbonyl (C=O) groups excluding carboxylic acids is 1. The van der Waals surface area contributed by atoms with Gasteiger partial charge in [-0.1, -0.05) is 87.1 Å². The largest absolute Gasteiger partial charge is 0.497 e. The normalized spacial score (nSPS) is 20.4. The van der Waals surface area contributed by atoms with Crippen LogP contribution in [0.2, 0.25) is 0 Å². The van der Waals surface area contributed by atoms with Gasteiger partial charge in [-0.15, -0.1) is 0 Å². The highest BCUT2D eigenvalue weighted by Crippen LogP contribution is 2.45. The summed E-state index contributed by atoms with van der Waals surface area (Å²) in [5.74, 6) is 1.01. The van der Waals surface area contributed by atoms with E-state index in [0.29, 0.717) is 23.7 Å². The molecule has 5 aromatic rings. The van der Waals surface area contributed by atoms with Gasteiger partial charge >= 0.3 is 8.25 Å². The molecule has 3 heterocycles. The van der Waals surface area contributed by atoms with Crippen molar-refractivity contribution in [1.82, 2.24) is 14.5 Å². The highest BCUT2D eigenvalue weighted by molar-refractivity contribution is 8.13. The Morgan fingerprint density at radius 3 is 2.16 bits per heavy atom. The summed E-state index contributed by atoms with van der Waals surface area (Å²) in [4.78, 5) is 21.3. The zero-order valence-corrected chi connectivity index (χ0v) is 34.4. The molecule has 16 heteroatoms. The Morgan fingerprint density at radius 2 is 1.58 bits per heavy atom. The van der Waals surface area contributed by atoms with Gasteiger partial charge in [0.1, 0.15) is 47.0 Å². The first-order valence-electron chi connectivity index (χ1n) is 18.4. The highest BCUT2D eigenvalue weighted by Gasteiger charge is 2.54. The fraction of sp³-hybridized carbons (Fsp3) is 0.390. The van der Waals surface area contributed by atoms with E-state index in [1.807, 2.05) is 99.6 Å². The van der Waals surface area contributed by atoms with Crippen molar-refractivity contribution >= 4 is 42.0 Å². The smallest absolute Gasteiger partial charge is 0.319 e. The van der Waals surface area contributed by atoms with E-state index in [1.54, 1.807) is 14.2 Å². The van der Waals surface area contributed by atoms with Crippen LogP contribution in [0, 0.1) is 11.2 Å². The topological polar surface area (TPSA) is 163 Å². The number of nitrogens with zero attached hydrogens (tertiary/aromatic N) is 3. The third-order valence-electron chi connectivity index (χ3n) is 10.5. The molecule has 2 aromatic heterocycles. The number of aromatic nitrogens is 3. The lowest BCUT2D eigenvalue weighted by molar-refractivity contribution is -0.118. The molecule has 3 N–H and O–H groups in total. The summed E-state index contributed by atoms with van der Waals surface area (Å²) in [5, 5.41) is 26.4. The summed E-state index contributed by atoms with van der Waals surface area (Å²) in [6.07, 6.45) is -0.941. The zero-order valence-electron chi connectivity index (χ0n) is 32.6. The lowest BCUT2D eigenvalue weighted by atomic mass is 9.77. The molecule has 0 saturated carbocycles. The average molecular weight is 823 g/mol. The molecule has 0 radical (unpaired) electrons. The van der Waals surface area contributed by atoms with E-state index >= 15 is 4.39 Å². The number of hydrogen-bond donors (Lipinski definition) is 3. The Morgan fingerprint density at radius 1 is 0.982 bits per heavy atom. The minimum Gasteiger partial charge on any atom is -0.497 e. The molecule has 1 saturated heterocycles. The fourth-order valence-electron chi connectivity index (χ4n) is 6.75. The molecule has 5 atom stereocenters. The number of aliphatic hydroxyl groups is 2. The number of anilines is 1. The Balaban J connectivity index is 1.30. The van der Waals surface area contributed by atoms with Gasteiger partial charge in [0.25, 0.3) is 0 Å². The Labute approximate surface area is 335 Å². The second kappa shape index (κ2) is 17.7. The SMILES string of the molecule is CCC(C)(C)C(=O)SCCO[PH](=O)OC[C@H]1O[C@@H](n2cc(F)c3c(NC(c4ccccc4)(c4ccc(OC)cc4)c4ccc(OC)cc4)ncnc32)C(C)(O)[C@H]1O. The van der Waals surface area contributed by atoms with Gasteiger partial charge in [0, 0.05) is 17.4 Å². The van der Waals surface area contributed by atoms with E-state index in [-0.39, 0.29) is 28.6 Å². The molecular weight excluding hydrogens is 775 g/mol. The Hall–Kier alpha value is -4.34. The number of benzene rings is 3. The Bertz CT molecular complexity index is 2120. The summed E-state index contributed by atoms with van der Waals surface area (Å²) < 4.78 is 58.0. The molecule has 2 unspecified atom stereocenters. The van der Waals surface area contributed by atoms with E-state index in [1.165, 1.54) is 17.8 Å². The van der Waals surface area contributed by atoms with Crippen molar-refractivity contribution in [2.75, 3.05) is 38.5 Å². The molecule has 0 aliphatic carbocycles. The van der Waals surface area contributed by atoms with E-state index in [9.17, 15) is 19.6 Å². The molecule has 3 aromatic carbocycles. The number of halogens is 1. The van der Waals surface area contributed by atoms with Gasteiger partial charge in [-0.25, -0.2) is 14.4 Å². The molecule has 304 valence electrons. The van der Waals surface area contributed by atoms with Crippen molar-refractivity contribution in [1.29, 1.82) is 0 Å². The van der Waals surface area contributed by atoms with E-state index in [0.717, 1.165) is 34.6 Å². The second-order valence-corrected chi connectivity index (χ2v) is 16.6. The van der Waals surface area contributed by atoms with Crippen molar-refractivity contribution in [2.24, 2.45) is 5.41 Å². The molecular formula is C41H48FN4O9PS. The van der Waals surface area contributed by atoms with E-state index < -0.39 is 55.7 Å². The van der Waals surface area contributed by atoms with Crippen molar-refractivity contribution < 1.29 is 47.2 Å². The number of rotatable bonds is 17. The maximum Gasteiger partial charge on any atom is 0.319 e. The van der Waals surface area contributed by atoms with Gasteiger partial charge in [-0.05, 0) is 54.3 Å². The van der Waals surface area contributed by atoms with Gasteiger partial charge in [0.2, 0.25) is 0 Å². The monoisotopic (exact) mass is 822 g/mol. The summed E-state index contributed by atoms with van der Waals surface area (Å²) >= 11 is 1.10. The zero-order chi connectivity index (χ0) is 41.0. The van der Waals surface area contributed by atoms with Gasteiger partial charge in [-0.2, -0.15) is 0 Å². The van der Waals surface area contributed by atoms with Crippen LogP contribution in [0.4, 0.5) is 10.2 Å². The van der Waals surface area contributed by atoms with Crippen LogP contribution in [0.3, 0.4) is 0 Å². The van der Waals surface area contributed by atoms with Gasteiger partial charge in [0.15, 0.2) is 22.8 Å². The molecule has 13 nitrogen and oxygen atoms in total. The van der Waals surface area contributed by atoms with Crippen LogP contribution in [0.5, 0.6) is 11.5 Å². The lowest BCUT2D eigenvalue weighted by Gasteiger charge is -2.37. The highest BCUT2D eigenvalue weighted by atomic mass is 32.2. The molecule has 1 fully saturated rings. The predicted octanol–water partition coefficient (Wildman–Crippen LogP) is 7.12. The minimum absolute atomic E-state index is 0.00514. The minimum atomic E-state index is -3.04. The molecule has 0 amide bonds. The van der Waals surface area contributed by atoms with Gasteiger partial charge < -0.3 is 38.8 Å². The summed E-state index contributed by atoms with van der Waals surface area (Å²) in [6, 6.07) is 24.7. The van der Waals surface area contributed by atoms with Crippen molar-refractivity contribution in [3.8, 4) is 11.5 Å². The van der Waals surface area contributed by atoms with E-state index in [2.05, 4.69) is 15.3 Å². The number of methoxy groups -OCH3 is 2. The van der Waals surface area contributed by atoms with Crippen LogP contribution >= 0.6 is 20.0 Å². The average Bonchev–Trinajstić information content (AvgIpc) is 3.68. The number of carbonyl (C=O) groups is 1. The maximum absolute atomic E-state index is 16.4. The second-order valence-electron chi connectivity index (χ2n) is 14.5. The summed E-state index contributed by atoms with van der Waals surface area (Å²) in [7, 11) is 0.132. The molecule has 57 heavy (non-hydrogen) atoms. The predicted molar refractivity (Wildman–Crippen MR) is 216 cm³/mol. The molecule has 0 bridgehead atoms. The number of hydrogen-bond acceptors (Lipinski definition) is 13. The first-order chi connectivity index (χ1) is 27.3. The van der Waals surface area contributed by atoms with E-state index in [4.69, 9.17) is 23.3 Å². The number of aliphatic hydroxyl groups excluding tert-OH is 1. The lowest BCUT2D eigenvalue weighted by Crippen LogP contribution is -2.44. The van der Waals surface area contributed by atoms with Crippen molar-refractivity contribution in [3.05, 3.63) is 114 Å². The van der Waals surface area contributed by atoms with Crippen LogP contribution < -0.4 is 14.8 Å². The Kier molecular flexibility index (Phi) is 13.1. The summed E-state index contributed by atoms with van der Waals surface area (Å²) in [5.41, 5.74) is -1.13. The van der Waals surface area contributed by atoms with Crippen LogP contribution in [0.25, 0.3) is 11.0 Å². The quantitative estimate of drug-likeness (QED) is 0.0494. The fourth-order valence-corrected chi connectivity index (χ4v) is 8.43. The number of nitrogens with one attached hydrogen (secondary N) is 1. The van der Waals surface area contributed by atoms with Crippen molar-refractivity contribution in [2.45, 2.75) is 63.7 Å². The first kappa shape index (κ1) is 42.3. The molecule has 1 aliphatic heterocycles. The number of ether oxygens (including phenoxy) is 3. The third kappa shape index (κ3) is 8.61. The first-order valence-corrected chi connectivity index (χ1v) is 20.6. The maximum atomic E-state index is 16.4. The standard InChI is InChI=1S/C41H48FN4O9PS/c1-7-39(2,3)38(48)57-22-21-53-56(50)54-24-32-34(47)40(4,49)37(55-32)46-23-31(42)33-35(43-25-44-36(33)46)45-41(26-11-9-8-10-12-26,27-13-17-29(51-5)18-14-27)28-15-19-30(52-6)20-16-28/h8-20,23,25,32,34,37,47,49,56H,7,21-22,24H2,1-6H3,(H,43,44,45)/t32-,34+,37-,40?/m1/s1. The molecule has 1 aliphatic rings. The van der Waals surface area contributed by atoms with Crippen LogP contribution in [-0.4, -0.2) is 80.9 Å². The summed E-state index contributed by atoms with van der Waals surface area (Å²) in [6.45, 7) is 6.63.